The molecule has 1 amide bonds. The van der Waals surface area contributed by atoms with E-state index in [1.165, 1.54) is 16.3 Å². The Morgan fingerprint density at radius 2 is 1.92 bits per heavy atom. The zero-order valence-electron chi connectivity index (χ0n) is 19.0. The summed E-state index contributed by atoms with van der Waals surface area (Å²) in [6.45, 7) is 0.0335. The minimum absolute atomic E-state index is 0.00935. The maximum atomic E-state index is 13.3. The fourth-order valence-electron chi connectivity index (χ4n) is 3.28. The molecule has 2 aromatic carbocycles. The van der Waals surface area contributed by atoms with Crippen LogP contribution in [0.15, 0.2) is 68.1 Å². The van der Waals surface area contributed by atoms with Gasteiger partial charge in [-0.2, -0.15) is 0 Å². The number of amides is 1. The molecule has 0 fully saturated rings. The summed E-state index contributed by atoms with van der Waals surface area (Å²) in [6.07, 6.45) is 0. The van der Waals surface area contributed by atoms with Gasteiger partial charge in [0.15, 0.2) is 0 Å². The topological polar surface area (TPSA) is 143 Å². The third kappa shape index (κ3) is 6.53. The number of nitrogens with zero attached hydrogens (tertiary/aromatic N) is 4. The number of rotatable bonds is 8. The fraction of sp³-hybridized carbons (Fsp3) is 0.261. The van der Waals surface area contributed by atoms with Gasteiger partial charge < -0.3 is 15.2 Å². The summed E-state index contributed by atoms with van der Waals surface area (Å²) >= 11 is 7.51. The minimum Gasteiger partial charge on any atom is -0.434 e. The summed E-state index contributed by atoms with van der Waals surface area (Å²) in [5.74, 6) is 0.896. The number of H-pyrrole nitrogens is 1. The molecule has 4 rings (SSSR count). The van der Waals surface area contributed by atoms with E-state index >= 15 is 0 Å². The standard InChI is InChI=1S/C23H23ClN6O5S/c24-16-3-1-15(2-4-16)13-29-20(28-21(33)30(23(29)34)14-19(32)25-9-11-31)27-17-5-7-18(8-6-17)35-22-26-10-12-36-22/h1-8,31H,9-14H2,(H,25,32)(H,27,28,33). The minimum atomic E-state index is -0.790. The number of halogens is 1. The lowest BCUT2D eigenvalue weighted by atomic mass is 10.2. The van der Waals surface area contributed by atoms with Gasteiger partial charge in [-0.15, -0.1) is 0 Å². The summed E-state index contributed by atoms with van der Waals surface area (Å²) in [7, 11) is 0. The van der Waals surface area contributed by atoms with Gasteiger partial charge in [-0.05, 0) is 42.0 Å². The first kappa shape index (κ1) is 25.5. The Bertz CT molecular complexity index is 1440. The predicted molar refractivity (Wildman–Crippen MR) is 137 cm³/mol. The second-order valence-electron chi connectivity index (χ2n) is 7.61. The van der Waals surface area contributed by atoms with Crippen LogP contribution in [-0.4, -0.2) is 55.8 Å². The summed E-state index contributed by atoms with van der Waals surface area (Å²) in [4.78, 5) is 49.4. The highest BCUT2D eigenvalue weighted by Crippen LogP contribution is 2.21. The van der Waals surface area contributed by atoms with Crippen molar-refractivity contribution in [2.45, 2.75) is 13.1 Å². The molecule has 0 saturated carbocycles. The summed E-state index contributed by atoms with van der Waals surface area (Å²) in [5.41, 5.74) is -0.290. The average Bonchev–Trinajstić information content (AvgIpc) is 3.38. The highest BCUT2D eigenvalue weighted by atomic mass is 35.5. The van der Waals surface area contributed by atoms with Crippen LogP contribution in [0.4, 0.5) is 5.69 Å². The summed E-state index contributed by atoms with van der Waals surface area (Å²) in [5, 5.41) is 12.5. The quantitative estimate of drug-likeness (QED) is 0.394. The van der Waals surface area contributed by atoms with Crippen molar-refractivity contribution in [1.29, 1.82) is 0 Å². The molecule has 0 radical (unpaired) electrons. The number of aromatic nitrogens is 3. The fourth-order valence-corrected chi connectivity index (χ4v) is 4.10. The van der Waals surface area contributed by atoms with Gasteiger partial charge in [0.2, 0.25) is 11.5 Å². The molecule has 188 valence electrons. The maximum Gasteiger partial charge on any atom is 0.335 e. The number of hydrogen-bond acceptors (Lipinski definition) is 8. The van der Waals surface area contributed by atoms with Gasteiger partial charge >= 0.3 is 11.4 Å². The number of aliphatic hydroxyl groups excluding tert-OH is 1. The molecule has 0 unspecified atom stereocenters. The normalized spacial score (nSPS) is 13.5. The number of carbonyl (C=O) groups excluding carboxylic acids is 1. The SMILES string of the molecule is O=C(Cn1c(=O)[nH]/c(=N\c2ccc(OC3=NCCS3)cc2)n(Cc2ccc(Cl)cc2)c1=O)NCCO. The van der Waals surface area contributed by atoms with Crippen LogP contribution in [0.2, 0.25) is 5.02 Å². The molecule has 3 aromatic rings. The second-order valence-corrected chi connectivity index (χ2v) is 9.10. The van der Waals surface area contributed by atoms with Gasteiger partial charge in [0.1, 0.15) is 12.3 Å². The van der Waals surface area contributed by atoms with Crippen molar-refractivity contribution in [2.24, 2.45) is 9.98 Å². The van der Waals surface area contributed by atoms with Gasteiger partial charge in [-0.3, -0.25) is 14.3 Å². The molecule has 0 bridgehead atoms. The molecule has 2 heterocycles. The van der Waals surface area contributed by atoms with E-state index in [1.54, 1.807) is 48.5 Å². The van der Waals surface area contributed by atoms with E-state index in [0.717, 1.165) is 22.4 Å². The van der Waals surface area contributed by atoms with Gasteiger partial charge in [0.05, 0.1) is 25.4 Å². The number of thioether (sulfide) groups is 1. The van der Waals surface area contributed by atoms with E-state index in [9.17, 15) is 14.4 Å². The molecule has 36 heavy (non-hydrogen) atoms. The number of nitrogens with one attached hydrogen (secondary N) is 2. The van der Waals surface area contributed by atoms with Crippen LogP contribution in [-0.2, 0) is 17.9 Å². The van der Waals surface area contributed by atoms with Crippen molar-refractivity contribution in [3.8, 4) is 5.75 Å². The summed E-state index contributed by atoms with van der Waals surface area (Å²) in [6, 6.07) is 13.7. The Kier molecular flexibility index (Phi) is 8.41. The Hall–Kier alpha value is -3.61. The molecule has 3 N–H and O–H groups in total. The molecule has 0 spiro atoms. The van der Waals surface area contributed by atoms with Crippen LogP contribution in [0.25, 0.3) is 0 Å². The van der Waals surface area contributed by atoms with E-state index in [0.29, 0.717) is 21.7 Å². The molecule has 1 aliphatic heterocycles. The number of ether oxygens (including phenoxy) is 1. The molecule has 1 aromatic heterocycles. The highest BCUT2D eigenvalue weighted by Gasteiger charge is 2.13. The number of aliphatic hydroxyl groups is 1. The predicted octanol–water partition coefficient (Wildman–Crippen LogP) is 0.862. The maximum absolute atomic E-state index is 13.3. The van der Waals surface area contributed by atoms with E-state index in [1.807, 2.05) is 0 Å². The van der Waals surface area contributed by atoms with Crippen LogP contribution in [0, 0.1) is 0 Å². The number of hydrogen-bond donors (Lipinski definition) is 3. The number of carbonyl (C=O) groups is 1. The number of aliphatic imine (C=N–C) groups is 1. The third-order valence-electron chi connectivity index (χ3n) is 5.01. The average molecular weight is 531 g/mol. The molecular weight excluding hydrogens is 508 g/mol. The zero-order valence-corrected chi connectivity index (χ0v) is 20.6. The van der Waals surface area contributed by atoms with E-state index < -0.39 is 23.8 Å². The Morgan fingerprint density at radius 3 is 2.58 bits per heavy atom. The van der Waals surface area contributed by atoms with E-state index in [-0.39, 0.29) is 25.3 Å². The Balaban J connectivity index is 1.71. The largest absolute Gasteiger partial charge is 0.434 e. The Morgan fingerprint density at radius 1 is 1.17 bits per heavy atom. The lowest BCUT2D eigenvalue weighted by molar-refractivity contribution is -0.122. The van der Waals surface area contributed by atoms with Gasteiger partial charge in [-0.25, -0.2) is 24.1 Å². The van der Waals surface area contributed by atoms with Gasteiger partial charge in [0.25, 0.3) is 5.23 Å². The van der Waals surface area contributed by atoms with Gasteiger partial charge in [-0.1, -0.05) is 35.5 Å². The smallest absolute Gasteiger partial charge is 0.335 e. The second kappa shape index (κ2) is 11.9. The monoisotopic (exact) mass is 530 g/mol. The van der Waals surface area contributed by atoms with Crippen molar-refractivity contribution in [3.05, 3.63) is 85.7 Å². The number of aromatic amines is 1. The van der Waals surface area contributed by atoms with E-state index in [4.69, 9.17) is 21.4 Å². The molecule has 0 aliphatic carbocycles. The van der Waals surface area contributed by atoms with E-state index in [2.05, 4.69) is 20.3 Å². The van der Waals surface area contributed by atoms with Crippen molar-refractivity contribution in [1.82, 2.24) is 19.4 Å². The van der Waals surface area contributed by atoms with Crippen LogP contribution in [0.1, 0.15) is 5.56 Å². The van der Waals surface area contributed by atoms with Crippen LogP contribution >= 0.6 is 23.4 Å². The van der Waals surface area contributed by atoms with Crippen molar-refractivity contribution >= 4 is 40.2 Å². The van der Waals surface area contributed by atoms with Crippen LogP contribution < -0.4 is 27.1 Å². The lowest BCUT2D eigenvalue weighted by Crippen LogP contribution is -2.51. The molecule has 0 atom stereocenters. The molecule has 1 aliphatic rings. The summed E-state index contributed by atoms with van der Waals surface area (Å²) < 4.78 is 7.74. The first-order valence-corrected chi connectivity index (χ1v) is 12.3. The Labute approximate surface area is 214 Å². The molecular formula is C23H23ClN6O5S. The first-order valence-electron chi connectivity index (χ1n) is 11.0. The molecule has 13 heteroatoms. The van der Waals surface area contributed by atoms with Crippen LogP contribution in [0.3, 0.4) is 0 Å². The van der Waals surface area contributed by atoms with Crippen LogP contribution in [0.5, 0.6) is 5.75 Å². The van der Waals surface area contributed by atoms with Crippen molar-refractivity contribution in [3.63, 3.8) is 0 Å². The molecule has 11 nitrogen and oxygen atoms in total. The third-order valence-corrected chi connectivity index (χ3v) is 6.10. The lowest BCUT2D eigenvalue weighted by Gasteiger charge is -2.11. The first-order chi connectivity index (χ1) is 17.4. The zero-order chi connectivity index (χ0) is 25.5. The van der Waals surface area contributed by atoms with Gasteiger partial charge in [0, 0.05) is 17.3 Å². The van der Waals surface area contributed by atoms with Crippen molar-refractivity contribution < 1.29 is 14.6 Å². The molecule has 0 saturated heterocycles. The highest BCUT2D eigenvalue weighted by molar-refractivity contribution is 8.13. The van der Waals surface area contributed by atoms with Crippen molar-refractivity contribution in [2.75, 3.05) is 25.4 Å². The number of benzene rings is 2.